The molecule has 0 aromatic carbocycles. The molecule has 0 saturated heterocycles. The van der Waals surface area contributed by atoms with Crippen LogP contribution in [0.5, 0.6) is 0 Å². The maximum absolute atomic E-state index is 12.0. The van der Waals surface area contributed by atoms with Gasteiger partial charge >= 0.3 is 7.12 Å². The molecule has 0 aromatic heterocycles. The van der Waals surface area contributed by atoms with E-state index in [1.165, 1.54) is 0 Å². The van der Waals surface area contributed by atoms with Crippen molar-refractivity contribution in [1.82, 2.24) is 16.0 Å². The van der Waals surface area contributed by atoms with Crippen LogP contribution < -0.4 is 21.7 Å². The van der Waals surface area contributed by atoms with Crippen LogP contribution in [0.2, 0.25) is 0 Å². The van der Waals surface area contributed by atoms with E-state index in [4.69, 9.17) is 5.73 Å². The number of hydrogen-bond donors (Lipinski definition) is 6. The Morgan fingerprint density at radius 1 is 1.18 bits per heavy atom. The molecule has 0 fully saturated rings. The first kappa shape index (κ1) is 21.3. The van der Waals surface area contributed by atoms with Gasteiger partial charge in [-0.05, 0) is 31.7 Å². The summed E-state index contributed by atoms with van der Waals surface area (Å²) in [6.07, 6.45) is 3.05. The second-order valence-electron chi connectivity index (χ2n) is 6.17. The number of nitrogens with two attached hydrogens (primary N) is 1. The summed E-state index contributed by atoms with van der Waals surface area (Å²) in [5.74, 6) is -0.141. The van der Waals surface area contributed by atoms with Gasteiger partial charge in [0.05, 0.1) is 12.2 Å². The van der Waals surface area contributed by atoms with Crippen LogP contribution in [0.15, 0.2) is 0 Å². The van der Waals surface area contributed by atoms with Crippen molar-refractivity contribution in [3.05, 3.63) is 0 Å². The normalized spacial score (nSPS) is 15.5. The zero-order valence-corrected chi connectivity index (χ0v) is 14.3. The van der Waals surface area contributed by atoms with Gasteiger partial charge in [-0.1, -0.05) is 27.2 Å². The van der Waals surface area contributed by atoms with Gasteiger partial charge in [-0.3, -0.25) is 10.1 Å². The molecule has 0 aliphatic rings. The highest BCUT2D eigenvalue weighted by atomic mass is 16.4. The van der Waals surface area contributed by atoms with Crippen molar-refractivity contribution in [3.63, 3.8) is 0 Å². The van der Waals surface area contributed by atoms with Crippen molar-refractivity contribution in [1.29, 1.82) is 0 Å². The van der Waals surface area contributed by atoms with Crippen LogP contribution in [-0.4, -0.2) is 54.8 Å². The lowest BCUT2D eigenvalue weighted by Crippen LogP contribution is -2.57. The zero-order chi connectivity index (χ0) is 17.1. The Labute approximate surface area is 134 Å². The van der Waals surface area contributed by atoms with Crippen LogP contribution in [0.4, 0.5) is 0 Å². The van der Waals surface area contributed by atoms with E-state index in [1.807, 2.05) is 0 Å². The molecule has 7 N–H and O–H groups in total. The van der Waals surface area contributed by atoms with E-state index in [0.29, 0.717) is 18.9 Å². The van der Waals surface area contributed by atoms with Gasteiger partial charge in [-0.2, -0.15) is 0 Å². The van der Waals surface area contributed by atoms with Gasteiger partial charge in [0.2, 0.25) is 5.91 Å². The molecule has 0 radical (unpaired) electrons. The van der Waals surface area contributed by atoms with Crippen LogP contribution in [0.3, 0.4) is 0 Å². The first-order chi connectivity index (χ1) is 10.3. The van der Waals surface area contributed by atoms with Crippen molar-refractivity contribution in [2.75, 3.05) is 13.6 Å². The quantitative estimate of drug-likeness (QED) is 0.159. The van der Waals surface area contributed by atoms with E-state index < -0.39 is 13.1 Å². The molecule has 1 amide bonds. The smallest absolute Gasteiger partial charge is 0.426 e. The largest absolute Gasteiger partial charge is 0.469 e. The van der Waals surface area contributed by atoms with Crippen LogP contribution in [-0.2, 0) is 4.79 Å². The Morgan fingerprint density at radius 3 is 2.27 bits per heavy atom. The molecule has 130 valence electrons. The molecular formula is C14H33BN4O3. The number of unbranched alkanes of at least 4 members (excludes halogenated alkanes) is 1. The average Bonchev–Trinajstić information content (AvgIpc) is 2.44. The summed E-state index contributed by atoms with van der Waals surface area (Å²) in [4.78, 5) is 12.0. The third-order valence-corrected chi connectivity index (χ3v) is 3.53. The first-order valence-electron chi connectivity index (χ1n) is 8.11. The van der Waals surface area contributed by atoms with Crippen molar-refractivity contribution in [2.45, 2.75) is 64.6 Å². The molecule has 7 nitrogen and oxygen atoms in total. The summed E-state index contributed by atoms with van der Waals surface area (Å²) in [6.45, 7) is 6.48. The number of carbonyl (C=O) groups excluding carboxylic acids is 1. The van der Waals surface area contributed by atoms with E-state index in [1.54, 1.807) is 14.0 Å². The third kappa shape index (κ3) is 9.37. The number of hydrogen-bond acceptors (Lipinski definition) is 6. The molecule has 0 spiro atoms. The Morgan fingerprint density at radius 2 is 1.82 bits per heavy atom. The predicted molar refractivity (Wildman–Crippen MR) is 89.9 cm³/mol. The van der Waals surface area contributed by atoms with Gasteiger partial charge in [0.25, 0.3) is 0 Å². The van der Waals surface area contributed by atoms with Crippen LogP contribution in [0.1, 0.15) is 46.5 Å². The predicted octanol–water partition coefficient (Wildman–Crippen LogP) is -0.818. The highest BCUT2D eigenvalue weighted by Gasteiger charge is 2.26. The lowest BCUT2D eigenvalue weighted by molar-refractivity contribution is -0.123. The summed E-state index contributed by atoms with van der Waals surface area (Å²) >= 11 is 0. The van der Waals surface area contributed by atoms with E-state index in [-0.39, 0.29) is 18.1 Å². The van der Waals surface area contributed by atoms with Gasteiger partial charge in [0, 0.05) is 13.0 Å². The minimum absolute atomic E-state index is 0.0650. The summed E-state index contributed by atoms with van der Waals surface area (Å²) in [6, 6.07) is -0.323. The second-order valence-corrected chi connectivity index (χ2v) is 6.17. The molecule has 0 heterocycles. The van der Waals surface area contributed by atoms with Crippen LogP contribution >= 0.6 is 0 Å². The van der Waals surface area contributed by atoms with Crippen LogP contribution in [0, 0.1) is 5.92 Å². The topological polar surface area (TPSA) is 120 Å². The van der Waals surface area contributed by atoms with Crippen LogP contribution in [0.25, 0.3) is 0 Å². The first-order valence-corrected chi connectivity index (χ1v) is 8.11. The Hall–Kier alpha value is -0.665. The SMILES string of the molecule is CNC(=O)[C@H](CCCCN)NC(CC(C)C)NC(C)B(O)O. The highest BCUT2D eigenvalue weighted by Crippen LogP contribution is 2.08. The molecule has 22 heavy (non-hydrogen) atoms. The summed E-state index contributed by atoms with van der Waals surface area (Å²) in [5.41, 5.74) is 5.50. The minimum atomic E-state index is -1.44. The standard InChI is InChI=1S/C14H33BN4O3/c1-10(2)9-13(18-11(3)15(21)22)19-12(14(20)17-4)7-5-6-8-16/h10-13,18-19,21-22H,5-9,16H2,1-4H3,(H,17,20)/t11?,12-,13?/m0/s1. The van der Waals surface area contributed by atoms with E-state index in [0.717, 1.165) is 19.3 Å². The number of likely N-dealkylation sites (N-methyl/N-ethyl adjacent to an activating group) is 1. The number of amides is 1. The maximum atomic E-state index is 12.0. The van der Waals surface area contributed by atoms with E-state index in [9.17, 15) is 14.8 Å². The van der Waals surface area contributed by atoms with Crippen molar-refractivity contribution in [2.24, 2.45) is 11.7 Å². The zero-order valence-electron chi connectivity index (χ0n) is 14.3. The fourth-order valence-corrected chi connectivity index (χ4v) is 2.26. The molecule has 0 aromatic rings. The second kappa shape index (κ2) is 11.8. The Kier molecular flexibility index (Phi) is 11.5. The molecule has 3 atom stereocenters. The lowest BCUT2D eigenvalue weighted by Gasteiger charge is -2.29. The van der Waals surface area contributed by atoms with E-state index >= 15 is 0 Å². The number of rotatable bonds is 12. The molecule has 0 rings (SSSR count). The Balaban J connectivity index is 4.73. The van der Waals surface area contributed by atoms with Gasteiger partial charge in [0.1, 0.15) is 0 Å². The number of nitrogens with one attached hydrogen (secondary N) is 3. The monoisotopic (exact) mass is 316 g/mol. The molecular weight excluding hydrogens is 283 g/mol. The van der Waals surface area contributed by atoms with Crippen molar-refractivity contribution in [3.8, 4) is 0 Å². The van der Waals surface area contributed by atoms with Gasteiger partial charge in [-0.25, -0.2) is 0 Å². The minimum Gasteiger partial charge on any atom is -0.426 e. The molecule has 8 heteroatoms. The molecule has 2 unspecified atom stereocenters. The third-order valence-electron chi connectivity index (χ3n) is 3.53. The van der Waals surface area contributed by atoms with Crippen molar-refractivity contribution < 1.29 is 14.8 Å². The maximum Gasteiger partial charge on any atom is 0.469 e. The van der Waals surface area contributed by atoms with Gasteiger partial charge in [0.15, 0.2) is 0 Å². The summed E-state index contributed by atoms with van der Waals surface area (Å²) in [5, 5.41) is 27.6. The van der Waals surface area contributed by atoms with Gasteiger partial charge in [-0.15, -0.1) is 0 Å². The fourth-order valence-electron chi connectivity index (χ4n) is 2.26. The van der Waals surface area contributed by atoms with Gasteiger partial charge < -0.3 is 26.4 Å². The average molecular weight is 316 g/mol. The Bertz CT molecular complexity index is 306. The number of carbonyl (C=O) groups is 1. The summed E-state index contributed by atoms with van der Waals surface area (Å²) < 4.78 is 0. The van der Waals surface area contributed by atoms with E-state index in [2.05, 4.69) is 29.8 Å². The molecule has 0 aliphatic carbocycles. The van der Waals surface area contributed by atoms with Crippen molar-refractivity contribution >= 4 is 13.0 Å². The lowest BCUT2D eigenvalue weighted by atomic mass is 9.80. The highest BCUT2D eigenvalue weighted by molar-refractivity contribution is 6.43. The molecule has 0 aliphatic heterocycles. The molecule has 0 bridgehead atoms. The fraction of sp³-hybridized carbons (Fsp3) is 0.929. The summed E-state index contributed by atoms with van der Waals surface area (Å²) in [7, 11) is 0.178. The molecule has 0 saturated carbocycles.